The standard InChI is InChI=1S/C14H28N2O2Si2/c1-14(2,3)11-10-15-13(18-20(7,8)9)16-12(11)17-19(4,5)6/h10H,1-9H3. The second-order valence-corrected chi connectivity index (χ2v) is 16.9. The van der Waals surface area contributed by atoms with Crippen LogP contribution in [-0.4, -0.2) is 26.6 Å². The fraction of sp³-hybridized carbons (Fsp3) is 0.714. The van der Waals surface area contributed by atoms with Gasteiger partial charge >= 0.3 is 6.01 Å². The van der Waals surface area contributed by atoms with E-state index in [4.69, 9.17) is 8.85 Å². The molecule has 1 aromatic heterocycles. The average molecular weight is 313 g/mol. The molecule has 0 unspecified atom stereocenters. The first-order valence-electron chi connectivity index (χ1n) is 7.03. The molecule has 0 aromatic carbocycles. The zero-order valence-electron chi connectivity index (χ0n) is 14.3. The maximum atomic E-state index is 6.14. The van der Waals surface area contributed by atoms with Gasteiger partial charge in [0.05, 0.1) is 0 Å². The maximum Gasteiger partial charge on any atom is 0.305 e. The predicted molar refractivity (Wildman–Crippen MR) is 88.7 cm³/mol. The van der Waals surface area contributed by atoms with E-state index in [9.17, 15) is 0 Å². The number of hydrogen-bond acceptors (Lipinski definition) is 4. The molecular weight excluding hydrogens is 284 g/mol. The molecule has 1 aromatic rings. The molecule has 0 radical (unpaired) electrons. The summed E-state index contributed by atoms with van der Waals surface area (Å²) in [5, 5.41) is 0. The summed E-state index contributed by atoms with van der Waals surface area (Å²) >= 11 is 0. The predicted octanol–water partition coefficient (Wildman–Crippen LogP) is 4.20. The van der Waals surface area contributed by atoms with E-state index in [1.807, 2.05) is 6.20 Å². The Hall–Kier alpha value is -0.886. The third-order valence-corrected chi connectivity index (χ3v) is 3.94. The first kappa shape index (κ1) is 17.2. The van der Waals surface area contributed by atoms with Gasteiger partial charge in [-0.25, -0.2) is 4.98 Å². The van der Waals surface area contributed by atoms with Crippen LogP contribution in [0, 0.1) is 0 Å². The molecule has 0 aliphatic rings. The topological polar surface area (TPSA) is 44.2 Å². The van der Waals surface area contributed by atoms with Gasteiger partial charge in [0.25, 0.3) is 0 Å². The SMILES string of the molecule is CC(C)(C)c1cnc(O[Si](C)(C)C)nc1O[Si](C)(C)C. The fourth-order valence-electron chi connectivity index (χ4n) is 1.56. The van der Waals surface area contributed by atoms with Crippen LogP contribution in [0.1, 0.15) is 26.3 Å². The van der Waals surface area contributed by atoms with Crippen LogP contribution in [0.4, 0.5) is 0 Å². The third kappa shape index (κ3) is 5.62. The first-order chi connectivity index (χ1) is 8.78. The molecule has 0 saturated heterocycles. The van der Waals surface area contributed by atoms with Crippen LogP contribution < -0.4 is 8.85 Å². The van der Waals surface area contributed by atoms with Gasteiger partial charge in [-0.15, -0.1) is 0 Å². The zero-order chi connectivity index (χ0) is 15.8. The molecule has 0 N–H and O–H groups in total. The molecule has 4 nitrogen and oxygen atoms in total. The normalized spacial score (nSPS) is 13.2. The van der Waals surface area contributed by atoms with E-state index in [2.05, 4.69) is 70.0 Å². The number of hydrogen-bond donors (Lipinski definition) is 0. The summed E-state index contributed by atoms with van der Waals surface area (Å²) < 4.78 is 12.0. The van der Waals surface area contributed by atoms with Gasteiger partial charge < -0.3 is 8.85 Å². The minimum atomic E-state index is -1.72. The van der Waals surface area contributed by atoms with Crippen molar-refractivity contribution in [2.75, 3.05) is 0 Å². The Kier molecular flexibility index (Phi) is 4.70. The molecule has 1 rings (SSSR count). The van der Waals surface area contributed by atoms with Gasteiger partial charge in [0.1, 0.15) is 0 Å². The molecular formula is C14H28N2O2Si2. The van der Waals surface area contributed by atoms with Crippen molar-refractivity contribution in [3.05, 3.63) is 11.8 Å². The molecule has 6 heteroatoms. The summed E-state index contributed by atoms with van der Waals surface area (Å²) in [6.07, 6.45) is 1.85. The molecule has 0 fully saturated rings. The number of nitrogens with zero attached hydrogens (tertiary/aromatic N) is 2. The minimum absolute atomic E-state index is 0.0489. The lowest BCUT2D eigenvalue weighted by molar-refractivity contribution is 0.452. The van der Waals surface area contributed by atoms with Gasteiger partial charge in [0.15, 0.2) is 0 Å². The lowest BCUT2D eigenvalue weighted by Crippen LogP contribution is -2.33. The van der Waals surface area contributed by atoms with Crippen molar-refractivity contribution < 1.29 is 8.85 Å². The van der Waals surface area contributed by atoms with Gasteiger partial charge in [-0.05, 0) is 44.7 Å². The van der Waals surface area contributed by atoms with Crippen molar-refractivity contribution in [2.24, 2.45) is 0 Å². The highest BCUT2D eigenvalue weighted by molar-refractivity contribution is 6.70. The van der Waals surface area contributed by atoms with Crippen molar-refractivity contribution in [3.63, 3.8) is 0 Å². The highest BCUT2D eigenvalue weighted by atomic mass is 28.4. The van der Waals surface area contributed by atoms with E-state index >= 15 is 0 Å². The average Bonchev–Trinajstić information content (AvgIpc) is 2.09. The van der Waals surface area contributed by atoms with Crippen molar-refractivity contribution in [1.82, 2.24) is 9.97 Å². The molecule has 0 atom stereocenters. The summed E-state index contributed by atoms with van der Waals surface area (Å²) in [7, 11) is -3.44. The van der Waals surface area contributed by atoms with Crippen molar-refractivity contribution in [3.8, 4) is 11.9 Å². The second kappa shape index (κ2) is 5.48. The Bertz CT molecular complexity index is 472. The van der Waals surface area contributed by atoms with Crippen molar-refractivity contribution in [2.45, 2.75) is 65.5 Å². The van der Waals surface area contributed by atoms with Crippen LogP contribution in [0.2, 0.25) is 39.3 Å². The summed E-state index contributed by atoms with van der Waals surface area (Å²) in [5.41, 5.74) is 0.981. The monoisotopic (exact) mass is 312 g/mol. The second-order valence-electron chi connectivity index (χ2n) is 8.05. The van der Waals surface area contributed by atoms with Crippen molar-refractivity contribution >= 4 is 16.6 Å². The van der Waals surface area contributed by atoms with Crippen LogP contribution in [0.5, 0.6) is 11.9 Å². The molecule has 1 heterocycles. The Morgan fingerprint density at radius 2 is 1.40 bits per heavy atom. The molecule has 0 spiro atoms. The number of rotatable bonds is 4. The summed E-state index contributed by atoms with van der Waals surface area (Å²) in [6.45, 7) is 19.2. The minimum Gasteiger partial charge on any atom is -0.531 e. The van der Waals surface area contributed by atoms with Gasteiger partial charge in [-0.3, -0.25) is 0 Å². The van der Waals surface area contributed by atoms with Crippen LogP contribution in [0.3, 0.4) is 0 Å². The van der Waals surface area contributed by atoms with Crippen LogP contribution in [0.15, 0.2) is 6.20 Å². The largest absolute Gasteiger partial charge is 0.531 e. The quantitative estimate of drug-likeness (QED) is 0.782. The molecule has 0 aliphatic heterocycles. The van der Waals surface area contributed by atoms with Gasteiger partial charge in [-0.2, -0.15) is 4.98 Å². The Morgan fingerprint density at radius 1 is 0.900 bits per heavy atom. The fourth-order valence-corrected chi connectivity index (χ4v) is 2.94. The smallest absolute Gasteiger partial charge is 0.305 e. The van der Waals surface area contributed by atoms with Crippen LogP contribution in [0.25, 0.3) is 0 Å². The van der Waals surface area contributed by atoms with E-state index in [0.717, 1.165) is 5.56 Å². The highest BCUT2D eigenvalue weighted by Gasteiger charge is 2.27. The van der Waals surface area contributed by atoms with Gasteiger partial charge in [0.2, 0.25) is 22.5 Å². The van der Waals surface area contributed by atoms with E-state index < -0.39 is 16.6 Å². The summed E-state index contributed by atoms with van der Waals surface area (Å²) in [6, 6.07) is 0.436. The van der Waals surface area contributed by atoms with Gasteiger partial charge in [-0.1, -0.05) is 20.8 Å². The third-order valence-electron chi connectivity index (χ3n) is 2.34. The maximum absolute atomic E-state index is 6.14. The lowest BCUT2D eigenvalue weighted by Gasteiger charge is -2.27. The van der Waals surface area contributed by atoms with E-state index in [-0.39, 0.29) is 5.41 Å². The lowest BCUT2D eigenvalue weighted by atomic mass is 9.89. The zero-order valence-corrected chi connectivity index (χ0v) is 16.3. The molecule has 114 valence electrons. The summed E-state index contributed by atoms with van der Waals surface area (Å²) in [4.78, 5) is 8.88. The van der Waals surface area contributed by atoms with Crippen molar-refractivity contribution in [1.29, 1.82) is 0 Å². The molecule has 20 heavy (non-hydrogen) atoms. The van der Waals surface area contributed by atoms with E-state index in [1.165, 1.54) is 0 Å². The van der Waals surface area contributed by atoms with Crippen LogP contribution >= 0.6 is 0 Å². The van der Waals surface area contributed by atoms with Crippen LogP contribution in [-0.2, 0) is 5.41 Å². The Morgan fingerprint density at radius 3 is 1.80 bits per heavy atom. The molecule has 0 saturated carbocycles. The Labute approximate surface area is 125 Å². The van der Waals surface area contributed by atoms with E-state index in [1.54, 1.807) is 0 Å². The van der Waals surface area contributed by atoms with Gasteiger partial charge in [0, 0.05) is 11.8 Å². The Balaban J connectivity index is 3.22. The molecule has 0 aliphatic carbocycles. The molecule has 0 amide bonds. The first-order valence-corrected chi connectivity index (χ1v) is 13.9. The highest BCUT2D eigenvalue weighted by Crippen LogP contribution is 2.32. The molecule has 0 bridgehead atoms. The van der Waals surface area contributed by atoms with E-state index in [0.29, 0.717) is 11.9 Å². The number of aromatic nitrogens is 2. The summed E-state index contributed by atoms with van der Waals surface area (Å²) in [5.74, 6) is 0.680.